The summed E-state index contributed by atoms with van der Waals surface area (Å²) < 4.78 is 5.29. The van der Waals surface area contributed by atoms with Gasteiger partial charge in [-0.2, -0.15) is 0 Å². The quantitative estimate of drug-likeness (QED) is 0.721. The van der Waals surface area contributed by atoms with Crippen molar-refractivity contribution in [3.8, 4) is 0 Å². The Morgan fingerprint density at radius 1 is 1.47 bits per heavy atom. The Hall–Kier alpha value is -0.770. The molecule has 0 bridgehead atoms. The van der Waals surface area contributed by atoms with Gasteiger partial charge in [-0.1, -0.05) is 13.3 Å². The van der Waals surface area contributed by atoms with Gasteiger partial charge in [-0.25, -0.2) is 4.79 Å². The van der Waals surface area contributed by atoms with E-state index in [9.17, 15) is 4.79 Å². The molecule has 0 aromatic heterocycles. The highest BCUT2D eigenvalue weighted by Gasteiger charge is 2.33. The summed E-state index contributed by atoms with van der Waals surface area (Å²) in [7, 11) is 0. The van der Waals surface area contributed by atoms with Crippen molar-refractivity contribution in [3.05, 3.63) is 0 Å². The predicted molar refractivity (Wildman–Crippen MR) is 59.6 cm³/mol. The Morgan fingerprint density at radius 3 is 2.47 bits per heavy atom. The van der Waals surface area contributed by atoms with Gasteiger partial charge in [0.1, 0.15) is 5.60 Å². The van der Waals surface area contributed by atoms with E-state index >= 15 is 0 Å². The molecular formula is C11H22N2O2. The molecule has 1 fully saturated rings. The Bertz CT molecular complexity index is 235. The molecule has 4 heteroatoms. The molecule has 0 aromatic rings. The van der Waals surface area contributed by atoms with Gasteiger partial charge < -0.3 is 15.4 Å². The van der Waals surface area contributed by atoms with E-state index in [0.29, 0.717) is 12.5 Å². The van der Waals surface area contributed by atoms with E-state index in [4.69, 9.17) is 10.5 Å². The molecule has 4 nitrogen and oxygen atoms in total. The lowest BCUT2D eigenvalue weighted by Crippen LogP contribution is -2.36. The van der Waals surface area contributed by atoms with Gasteiger partial charge in [0.15, 0.2) is 0 Å². The van der Waals surface area contributed by atoms with Crippen LogP contribution in [0, 0.1) is 5.92 Å². The summed E-state index contributed by atoms with van der Waals surface area (Å²) in [6.45, 7) is 9.07. The molecule has 2 unspecified atom stereocenters. The summed E-state index contributed by atoms with van der Waals surface area (Å²) in [6, 6.07) is 0.0996. The van der Waals surface area contributed by atoms with Crippen LogP contribution in [-0.2, 0) is 4.74 Å². The molecule has 1 aliphatic heterocycles. The summed E-state index contributed by atoms with van der Waals surface area (Å²) >= 11 is 0. The van der Waals surface area contributed by atoms with Gasteiger partial charge in [0.2, 0.25) is 0 Å². The zero-order valence-electron chi connectivity index (χ0n) is 10.1. The highest BCUT2D eigenvalue weighted by Crippen LogP contribution is 2.20. The summed E-state index contributed by atoms with van der Waals surface area (Å²) in [5, 5.41) is 0. The lowest BCUT2D eigenvalue weighted by Gasteiger charge is -2.24. The SMILES string of the molecule is CCC1CN(C(=O)OC(C)(C)C)CC1N. The second-order valence-corrected chi connectivity index (χ2v) is 5.22. The molecule has 2 atom stereocenters. The van der Waals surface area contributed by atoms with E-state index in [1.807, 2.05) is 20.8 Å². The first-order valence-electron chi connectivity index (χ1n) is 5.57. The van der Waals surface area contributed by atoms with Crippen molar-refractivity contribution >= 4 is 6.09 Å². The molecule has 0 radical (unpaired) electrons. The second kappa shape index (κ2) is 4.39. The van der Waals surface area contributed by atoms with E-state index < -0.39 is 5.60 Å². The third kappa shape index (κ3) is 3.38. The number of rotatable bonds is 1. The fraction of sp³-hybridized carbons (Fsp3) is 0.909. The van der Waals surface area contributed by atoms with E-state index in [2.05, 4.69) is 6.92 Å². The first-order chi connectivity index (χ1) is 6.83. The van der Waals surface area contributed by atoms with Gasteiger partial charge in [-0.3, -0.25) is 0 Å². The number of nitrogens with two attached hydrogens (primary N) is 1. The highest BCUT2D eigenvalue weighted by molar-refractivity contribution is 5.68. The molecule has 15 heavy (non-hydrogen) atoms. The Labute approximate surface area is 91.8 Å². The fourth-order valence-corrected chi connectivity index (χ4v) is 1.80. The van der Waals surface area contributed by atoms with Crippen LogP contribution >= 0.6 is 0 Å². The van der Waals surface area contributed by atoms with Gasteiger partial charge in [-0.15, -0.1) is 0 Å². The Morgan fingerprint density at radius 2 is 2.07 bits per heavy atom. The first-order valence-corrected chi connectivity index (χ1v) is 5.57. The summed E-state index contributed by atoms with van der Waals surface area (Å²) in [5.74, 6) is 0.414. The van der Waals surface area contributed by atoms with Crippen molar-refractivity contribution in [1.29, 1.82) is 0 Å². The molecule has 0 aromatic carbocycles. The molecule has 1 rings (SSSR count). The van der Waals surface area contributed by atoms with E-state index in [1.165, 1.54) is 0 Å². The topological polar surface area (TPSA) is 55.6 Å². The third-order valence-electron chi connectivity index (χ3n) is 2.67. The van der Waals surface area contributed by atoms with Crippen LogP contribution in [0.4, 0.5) is 4.79 Å². The zero-order chi connectivity index (χ0) is 11.6. The minimum Gasteiger partial charge on any atom is -0.444 e. The van der Waals surface area contributed by atoms with Crippen molar-refractivity contribution in [2.45, 2.75) is 45.8 Å². The molecule has 1 aliphatic rings. The summed E-state index contributed by atoms with van der Waals surface area (Å²) in [5.41, 5.74) is 5.51. The van der Waals surface area contributed by atoms with E-state index in [1.54, 1.807) is 4.90 Å². The average Bonchev–Trinajstić information content (AvgIpc) is 2.43. The number of ether oxygens (including phenoxy) is 1. The van der Waals surface area contributed by atoms with Crippen molar-refractivity contribution in [3.63, 3.8) is 0 Å². The summed E-state index contributed by atoms with van der Waals surface area (Å²) in [4.78, 5) is 13.4. The number of nitrogens with zero attached hydrogens (tertiary/aromatic N) is 1. The number of likely N-dealkylation sites (tertiary alicyclic amines) is 1. The maximum absolute atomic E-state index is 11.7. The van der Waals surface area contributed by atoms with Crippen LogP contribution in [0.5, 0.6) is 0 Å². The summed E-state index contributed by atoms with van der Waals surface area (Å²) in [6.07, 6.45) is 0.773. The van der Waals surface area contributed by atoms with Gasteiger partial charge >= 0.3 is 6.09 Å². The van der Waals surface area contributed by atoms with Crippen LogP contribution in [0.3, 0.4) is 0 Å². The average molecular weight is 214 g/mol. The van der Waals surface area contributed by atoms with Gasteiger partial charge in [0.25, 0.3) is 0 Å². The van der Waals surface area contributed by atoms with E-state index in [-0.39, 0.29) is 12.1 Å². The fourth-order valence-electron chi connectivity index (χ4n) is 1.80. The predicted octanol–water partition coefficient (Wildman–Crippen LogP) is 1.59. The number of carbonyl (C=O) groups is 1. The van der Waals surface area contributed by atoms with Crippen LogP contribution in [0.2, 0.25) is 0 Å². The normalized spacial score (nSPS) is 26.9. The van der Waals surface area contributed by atoms with Crippen molar-refractivity contribution in [2.24, 2.45) is 11.7 Å². The zero-order valence-corrected chi connectivity index (χ0v) is 10.1. The molecule has 0 aliphatic carbocycles. The van der Waals surface area contributed by atoms with Gasteiger partial charge in [-0.05, 0) is 26.7 Å². The first kappa shape index (κ1) is 12.3. The molecule has 1 amide bonds. The molecular weight excluding hydrogens is 192 g/mol. The van der Waals surface area contributed by atoms with Crippen LogP contribution in [0.1, 0.15) is 34.1 Å². The van der Waals surface area contributed by atoms with Crippen LogP contribution in [0.15, 0.2) is 0 Å². The lowest BCUT2D eigenvalue weighted by molar-refractivity contribution is 0.0286. The lowest BCUT2D eigenvalue weighted by atomic mass is 10.0. The highest BCUT2D eigenvalue weighted by atomic mass is 16.6. The maximum atomic E-state index is 11.7. The molecule has 2 N–H and O–H groups in total. The molecule has 0 saturated carbocycles. The van der Waals surface area contributed by atoms with Crippen LogP contribution in [-0.4, -0.2) is 35.7 Å². The minimum atomic E-state index is -0.425. The number of carbonyl (C=O) groups excluding carboxylic acids is 1. The third-order valence-corrected chi connectivity index (χ3v) is 2.67. The maximum Gasteiger partial charge on any atom is 0.410 e. The molecule has 1 saturated heterocycles. The van der Waals surface area contributed by atoms with Gasteiger partial charge in [0, 0.05) is 19.1 Å². The van der Waals surface area contributed by atoms with Crippen molar-refractivity contribution < 1.29 is 9.53 Å². The Kier molecular flexibility index (Phi) is 3.60. The monoisotopic (exact) mass is 214 g/mol. The van der Waals surface area contributed by atoms with Crippen molar-refractivity contribution in [1.82, 2.24) is 4.90 Å². The standard InChI is InChI=1S/C11H22N2O2/c1-5-8-6-13(7-9(8)12)10(14)15-11(2,3)4/h8-9H,5-7,12H2,1-4H3. The van der Waals surface area contributed by atoms with Gasteiger partial charge in [0.05, 0.1) is 0 Å². The van der Waals surface area contributed by atoms with E-state index in [0.717, 1.165) is 13.0 Å². The van der Waals surface area contributed by atoms with Crippen LogP contribution < -0.4 is 5.73 Å². The number of hydrogen-bond acceptors (Lipinski definition) is 3. The smallest absolute Gasteiger partial charge is 0.410 e. The number of hydrogen-bond donors (Lipinski definition) is 1. The second-order valence-electron chi connectivity index (χ2n) is 5.22. The number of amides is 1. The van der Waals surface area contributed by atoms with Crippen molar-refractivity contribution in [2.75, 3.05) is 13.1 Å². The molecule has 88 valence electrons. The van der Waals surface area contributed by atoms with Crippen LogP contribution in [0.25, 0.3) is 0 Å². The largest absolute Gasteiger partial charge is 0.444 e. The Balaban J connectivity index is 2.50. The minimum absolute atomic E-state index is 0.0996. The molecule has 1 heterocycles. The molecule has 0 spiro atoms.